The predicted molar refractivity (Wildman–Crippen MR) is 133 cm³/mol. The van der Waals surface area contributed by atoms with E-state index in [2.05, 4.69) is 37.8 Å². The number of carbonyl (C=O) groups is 1. The number of benzene rings is 2. The molecule has 0 heterocycles. The number of unbranched alkanes of at least 4 members (excludes halogenated alkanes) is 2. The smallest absolute Gasteiger partial charge is 0.335 e. The minimum atomic E-state index is -0.597. The van der Waals surface area contributed by atoms with Crippen molar-refractivity contribution in [3.05, 3.63) is 66.2 Å². The Hall–Kier alpha value is -2.59. The van der Waals surface area contributed by atoms with Gasteiger partial charge in [-0.2, -0.15) is 0 Å². The molecule has 1 aliphatic carbocycles. The van der Waals surface area contributed by atoms with Gasteiger partial charge in [0.15, 0.2) is 0 Å². The van der Waals surface area contributed by atoms with E-state index in [1.807, 2.05) is 24.3 Å². The molecule has 0 atom stereocenters. The molecular weight excluding hydrogens is 412 g/mol. The summed E-state index contributed by atoms with van der Waals surface area (Å²) < 4.78 is 10.6. The van der Waals surface area contributed by atoms with Crippen molar-refractivity contribution in [1.82, 2.24) is 0 Å². The Morgan fingerprint density at radius 3 is 2.18 bits per heavy atom. The van der Waals surface area contributed by atoms with Gasteiger partial charge in [0.05, 0.1) is 12.2 Å². The topological polar surface area (TPSA) is 55.8 Å². The first-order valence-electron chi connectivity index (χ1n) is 12.4. The summed E-state index contributed by atoms with van der Waals surface area (Å²) in [6.45, 7) is 5.67. The van der Waals surface area contributed by atoms with Crippen molar-refractivity contribution in [2.45, 2.75) is 64.2 Å². The van der Waals surface area contributed by atoms with Crippen molar-refractivity contribution in [1.29, 1.82) is 0 Å². The van der Waals surface area contributed by atoms with E-state index >= 15 is 0 Å². The van der Waals surface area contributed by atoms with Crippen molar-refractivity contribution in [3.63, 3.8) is 0 Å². The fraction of sp³-hybridized carbons (Fsp3) is 0.483. The van der Waals surface area contributed by atoms with Gasteiger partial charge in [-0.1, -0.05) is 75.6 Å². The van der Waals surface area contributed by atoms with Crippen molar-refractivity contribution in [2.75, 3.05) is 19.8 Å². The Balaban J connectivity index is 1.44. The molecule has 2 aromatic rings. The summed E-state index contributed by atoms with van der Waals surface area (Å²) in [6, 6.07) is 17.0. The van der Waals surface area contributed by atoms with E-state index in [1.165, 1.54) is 62.5 Å². The van der Waals surface area contributed by atoms with Crippen molar-refractivity contribution in [2.24, 2.45) is 5.92 Å². The number of esters is 1. The Morgan fingerprint density at radius 2 is 1.58 bits per heavy atom. The van der Waals surface area contributed by atoms with E-state index in [0.29, 0.717) is 5.92 Å². The second-order valence-electron chi connectivity index (χ2n) is 9.11. The summed E-state index contributed by atoms with van der Waals surface area (Å²) in [5.74, 6) is 1.78. The SMILES string of the molecule is C=C(CO)C(=O)OCCOc1ccc(-c2ccc(C3CCC(CCCCC)CC3)cc2)cc1. The van der Waals surface area contributed by atoms with Gasteiger partial charge in [0.25, 0.3) is 0 Å². The van der Waals surface area contributed by atoms with Crippen LogP contribution in [-0.2, 0) is 9.53 Å². The first kappa shape index (κ1) is 25.0. The van der Waals surface area contributed by atoms with Crippen LogP contribution in [0.5, 0.6) is 5.75 Å². The molecule has 0 saturated heterocycles. The Bertz CT molecular complexity index is 861. The summed E-state index contributed by atoms with van der Waals surface area (Å²) in [7, 11) is 0. The molecule has 0 aliphatic heterocycles. The molecule has 3 rings (SSSR count). The maximum Gasteiger partial charge on any atom is 0.335 e. The molecule has 0 bridgehead atoms. The lowest BCUT2D eigenvalue weighted by Crippen LogP contribution is -2.14. The van der Waals surface area contributed by atoms with Gasteiger partial charge in [0.1, 0.15) is 19.0 Å². The highest BCUT2D eigenvalue weighted by Crippen LogP contribution is 2.38. The van der Waals surface area contributed by atoms with Crippen molar-refractivity contribution >= 4 is 5.97 Å². The minimum Gasteiger partial charge on any atom is -0.490 e. The summed E-state index contributed by atoms with van der Waals surface area (Å²) in [4.78, 5) is 11.4. The van der Waals surface area contributed by atoms with Crippen LogP contribution < -0.4 is 4.74 Å². The minimum absolute atomic E-state index is 0.0421. The molecule has 4 heteroatoms. The predicted octanol–water partition coefficient (Wildman–Crippen LogP) is 6.68. The van der Waals surface area contributed by atoms with E-state index in [0.717, 1.165) is 17.2 Å². The van der Waals surface area contributed by atoms with E-state index in [-0.39, 0.29) is 18.8 Å². The monoisotopic (exact) mass is 450 g/mol. The van der Waals surface area contributed by atoms with Gasteiger partial charge in [0.2, 0.25) is 0 Å². The van der Waals surface area contributed by atoms with E-state index in [9.17, 15) is 4.79 Å². The van der Waals surface area contributed by atoms with Gasteiger partial charge >= 0.3 is 5.97 Å². The molecule has 1 aliphatic rings. The molecule has 1 N–H and O–H groups in total. The quantitative estimate of drug-likeness (QED) is 0.223. The third-order valence-corrected chi connectivity index (χ3v) is 6.70. The second kappa shape index (κ2) is 13.2. The van der Waals surface area contributed by atoms with Crippen LogP contribution in [0.4, 0.5) is 0 Å². The normalized spacial score (nSPS) is 18.0. The third kappa shape index (κ3) is 7.75. The molecule has 0 amide bonds. The van der Waals surface area contributed by atoms with Crippen LogP contribution in [0.25, 0.3) is 11.1 Å². The van der Waals surface area contributed by atoms with Crippen LogP contribution in [-0.4, -0.2) is 30.9 Å². The summed E-state index contributed by atoms with van der Waals surface area (Å²) in [5.41, 5.74) is 3.87. The molecule has 0 unspecified atom stereocenters. The van der Waals surface area contributed by atoms with Crippen LogP contribution >= 0.6 is 0 Å². The molecular formula is C29H38O4. The molecule has 2 aromatic carbocycles. The molecule has 4 nitrogen and oxygen atoms in total. The highest BCUT2D eigenvalue weighted by molar-refractivity contribution is 5.87. The van der Waals surface area contributed by atoms with Gasteiger partial charge in [-0.15, -0.1) is 0 Å². The third-order valence-electron chi connectivity index (χ3n) is 6.70. The molecule has 1 saturated carbocycles. The van der Waals surface area contributed by atoms with Crippen LogP contribution in [0.1, 0.15) is 69.8 Å². The number of ether oxygens (including phenoxy) is 2. The average molecular weight is 451 g/mol. The number of aliphatic hydroxyl groups is 1. The van der Waals surface area contributed by atoms with E-state index < -0.39 is 12.6 Å². The molecule has 33 heavy (non-hydrogen) atoms. The van der Waals surface area contributed by atoms with Gasteiger partial charge in [0, 0.05) is 0 Å². The van der Waals surface area contributed by atoms with Crippen LogP contribution in [0, 0.1) is 5.92 Å². The molecule has 0 radical (unpaired) electrons. The zero-order chi connectivity index (χ0) is 23.5. The van der Waals surface area contributed by atoms with Crippen LogP contribution in [0.3, 0.4) is 0 Å². The standard InChI is InChI=1S/C29H38O4/c1-3-4-5-6-23-7-9-24(10-8-23)25-11-13-26(14-12-25)27-15-17-28(18-16-27)32-19-20-33-29(31)22(2)21-30/h11-18,23-24,30H,2-10,19-21H2,1H3. The number of carbonyl (C=O) groups excluding carboxylic acids is 1. The molecule has 0 spiro atoms. The second-order valence-corrected chi connectivity index (χ2v) is 9.11. The fourth-order valence-corrected chi connectivity index (χ4v) is 4.62. The Labute approximate surface area is 198 Å². The maximum atomic E-state index is 11.4. The van der Waals surface area contributed by atoms with Gasteiger partial charge in [-0.3, -0.25) is 0 Å². The number of rotatable bonds is 12. The summed E-state index contributed by atoms with van der Waals surface area (Å²) in [5, 5.41) is 8.85. The van der Waals surface area contributed by atoms with E-state index in [4.69, 9.17) is 14.6 Å². The lowest BCUT2D eigenvalue weighted by atomic mass is 9.77. The maximum absolute atomic E-state index is 11.4. The molecule has 1 fully saturated rings. The first-order chi connectivity index (χ1) is 16.1. The van der Waals surface area contributed by atoms with Crippen LogP contribution in [0.2, 0.25) is 0 Å². The van der Waals surface area contributed by atoms with E-state index in [1.54, 1.807) is 0 Å². The summed E-state index contributed by atoms with van der Waals surface area (Å²) in [6.07, 6.45) is 10.9. The Morgan fingerprint density at radius 1 is 0.939 bits per heavy atom. The highest BCUT2D eigenvalue weighted by Gasteiger charge is 2.22. The zero-order valence-electron chi connectivity index (χ0n) is 19.9. The number of hydrogen-bond acceptors (Lipinski definition) is 4. The zero-order valence-corrected chi connectivity index (χ0v) is 19.9. The number of hydrogen-bond donors (Lipinski definition) is 1. The molecule has 0 aromatic heterocycles. The largest absolute Gasteiger partial charge is 0.490 e. The lowest BCUT2D eigenvalue weighted by Gasteiger charge is -2.29. The summed E-state index contributed by atoms with van der Waals surface area (Å²) >= 11 is 0. The van der Waals surface area contributed by atoms with Gasteiger partial charge < -0.3 is 14.6 Å². The highest BCUT2D eigenvalue weighted by atomic mass is 16.6. The first-order valence-corrected chi connectivity index (χ1v) is 12.4. The van der Waals surface area contributed by atoms with Gasteiger partial charge in [-0.05, 0) is 66.3 Å². The molecule has 178 valence electrons. The fourth-order valence-electron chi connectivity index (χ4n) is 4.62. The Kier molecular flexibility index (Phi) is 10.0. The van der Waals surface area contributed by atoms with Crippen molar-refractivity contribution < 1.29 is 19.4 Å². The average Bonchev–Trinajstić information content (AvgIpc) is 2.87. The van der Waals surface area contributed by atoms with Gasteiger partial charge in [-0.25, -0.2) is 4.79 Å². The van der Waals surface area contributed by atoms with Crippen molar-refractivity contribution in [3.8, 4) is 16.9 Å². The lowest BCUT2D eigenvalue weighted by molar-refractivity contribution is -0.140. The van der Waals surface area contributed by atoms with Crippen LogP contribution in [0.15, 0.2) is 60.7 Å². The number of aliphatic hydroxyl groups excluding tert-OH is 1.